The van der Waals surface area contributed by atoms with Gasteiger partial charge in [0, 0.05) is 27.8 Å². The minimum Gasteiger partial charge on any atom is -0.308 e. The van der Waals surface area contributed by atoms with Crippen molar-refractivity contribution in [3.63, 3.8) is 0 Å². The molecule has 0 radical (unpaired) electrons. The number of hydrogen-bond acceptors (Lipinski definition) is 3. The lowest BCUT2D eigenvalue weighted by atomic mass is 9.92. The van der Waals surface area contributed by atoms with Crippen molar-refractivity contribution in [2.45, 2.75) is 13.3 Å². The molecule has 0 spiro atoms. The first kappa shape index (κ1) is 37.7. The average Bonchev–Trinajstić information content (AvgIpc) is 3.62. The SMILES string of the molecule is [C-]#[N+]c1ccc2c(c1)c1cc([N+]#[C-])ccc1n2-c1c(/C(C=C)=C/C=C)cc(-c2nc(C(/C=C\Cc3ccccc3)=C/C)nc(-c3ccccc3)n2)cc1-c1ccccc1. The summed E-state index contributed by atoms with van der Waals surface area (Å²) in [6.07, 6.45) is 12.6. The molecular formula is C53H38N6. The van der Waals surface area contributed by atoms with Crippen molar-refractivity contribution in [2.75, 3.05) is 0 Å². The van der Waals surface area contributed by atoms with Crippen molar-refractivity contribution >= 4 is 44.3 Å². The molecule has 0 saturated heterocycles. The molecule has 0 amide bonds. The van der Waals surface area contributed by atoms with Crippen LogP contribution in [-0.4, -0.2) is 19.5 Å². The zero-order chi connectivity index (χ0) is 40.7. The lowest BCUT2D eigenvalue weighted by Gasteiger charge is -2.21. The van der Waals surface area contributed by atoms with Gasteiger partial charge >= 0.3 is 0 Å². The van der Waals surface area contributed by atoms with Crippen LogP contribution in [0, 0.1) is 13.1 Å². The van der Waals surface area contributed by atoms with Gasteiger partial charge in [-0.05, 0) is 77.2 Å². The summed E-state index contributed by atoms with van der Waals surface area (Å²) in [5, 5.41) is 1.77. The summed E-state index contributed by atoms with van der Waals surface area (Å²) in [5.41, 5.74) is 11.1. The van der Waals surface area contributed by atoms with Crippen LogP contribution in [0.4, 0.5) is 11.4 Å². The lowest BCUT2D eigenvalue weighted by molar-refractivity contribution is 1.04. The predicted molar refractivity (Wildman–Crippen MR) is 244 cm³/mol. The van der Waals surface area contributed by atoms with E-state index in [4.69, 9.17) is 28.1 Å². The number of fused-ring (bicyclic) bond motifs is 3. The Morgan fingerprint density at radius 1 is 0.644 bits per heavy atom. The van der Waals surface area contributed by atoms with E-state index < -0.39 is 0 Å². The number of nitrogens with zero attached hydrogens (tertiary/aromatic N) is 6. The quantitative estimate of drug-likeness (QED) is 0.0975. The molecule has 2 aromatic heterocycles. The molecule has 0 atom stereocenters. The van der Waals surface area contributed by atoms with E-state index >= 15 is 0 Å². The maximum Gasteiger partial charge on any atom is 0.188 e. The Labute approximate surface area is 344 Å². The van der Waals surface area contributed by atoms with Crippen LogP contribution in [0.25, 0.3) is 82.2 Å². The fourth-order valence-corrected chi connectivity index (χ4v) is 7.42. The Balaban J connectivity index is 1.44. The highest BCUT2D eigenvalue weighted by molar-refractivity contribution is 6.12. The van der Waals surface area contributed by atoms with Crippen LogP contribution in [-0.2, 0) is 6.42 Å². The van der Waals surface area contributed by atoms with E-state index in [-0.39, 0.29) is 0 Å². The lowest BCUT2D eigenvalue weighted by Crippen LogP contribution is -2.06. The summed E-state index contributed by atoms with van der Waals surface area (Å²) in [6, 6.07) is 46.4. The Hall–Kier alpha value is -8.19. The van der Waals surface area contributed by atoms with Crippen LogP contribution < -0.4 is 0 Å². The number of benzene rings is 6. The highest BCUT2D eigenvalue weighted by Crippen LogP contribution is 2.44. The summed E-state index contributed by atoms with van der Waals surface area (Å²) in [4.78, 5) is 22.9. The van der Waals surface area contributed by atoms with Crippen molar-refractivity contribution in [3.8, 4) is 39.6 Å². The average molecular weight is 759 g/mol. The topological polar surface area (TPSA) is 52.3 Å². The van der Waals surface area contributed by atoms with E-state index in [0.29, 0.717) is 28.8 Å². The summed E-state index contributed by atoms with van der Waals surface area (Å²) in [5.74, 6) is 1.64. The van der Waals surface area contributed by atoms with Crippen LogP contribution >= 0.6 is 0 Å². The van der Waals surface area contributed by atoms with Gasteiger partial charge in [-0.25, -0.2) is 24.6 Å². The number of allylic oxidation sites excluding steroid dienone is 8. The molecule has 0 unspecified atom stereocenters. The second kappa shape index (κ2) is 16.9. The van der Waals surface area contributed by atoms with Gasteiger partial charge in [0.2, 0.25) is 0 Å². The van der Waals surface area contributed by atoms with Gasteiger partial charge in [0.1, 0.15) is 0 Å². The fraction of sp³-hybridized carbons (Fsp3) is 0.0377. The Kier molecular flexibility index (Phi) is 10.8. The highest BCUT2D eigenvalue weighted by atomic mass is 15.0. The van der Waals surface area contributed by atoms with Crippen molar-refractivity contribution in [3.05, 3.63) is 229 Å². The Morgan fingerprint density at radius 3 is 1.78 bits per heavy atom. The van der Waals surface area contributed by atoms with E-state index in [1.165, 1.54) is 5.56 Å². The molecule has 0 aliphatic carbocycles. The smallest absolute Gasteiger partial charge is 0.188 e. The van der Waals surface area contributed by atoms with Crippen LogP contribution in [0.2, 0.25) is 0 Å². The van der Waals surface area contributed by atoms with E-state index in [0.717, 1.165) is 72.9 Å². The molecule has 2 heterocycles. The zero-order valence-electron chi connectivity index (χ0n) is 32.5. The Morgan fingerprint density at radius 2 is 1.22 bits per heavy atom. The van der Waals surface area contributed by atoms with Gasteiger partial charge in [0.25, 0.3) is 0 Å². The Bertz CT molecular complexity index is 2990. The van der Waals surface area contributed by atoms with Gasteiger partial charge in [-0.3, -0.25) is 0 Å². The monoisotopic (exact) mass is 758 g/mol. The van der Waals surface area contributed by atoms with Crippen molar-refractivity contribution < 1.29 is 0 Å². The van der Waals surface area contributed by atoms with Crippen LogP contribution in [0.3, 0.4) is 0 Å². The van der Waals surface area contributed by atoms with E-state index in [1.807, 2.05) is 128 Å². The van der Waals surface area contributed by atoms with Gasteiger partial charge in [-0.15, -0.1) is 0 Å². The third-order valence-electron chi connectivity index (χ3n) is 10.2. The maximum atomic E-state index is 7.80. The van der Waals surface area contributed by atoms with Gasteiger partial charge in [-0.1, -0.05) is 153 Å². The largest absolute Gasteiger partial charge is 0.308 e. The molecular weight excluding hydrogens is 721 g/mol. The van der Waals surface area contributed by atoms with E-state index in [2.05, 4.69) is 76.0 Å². The first-order valence-corrected chi connectivity index (χ1v) is 19.2. The molecule has 0 fully saturated rings. The summed E-state index contributed by atoms with van der Waals surface area (Å²) >= 11 is 0. The standard InChI is InChI=1S/C53H38N6/c1-6-19-37(7-2)44-32-41(53-57-51(56-52(58-53)40-25-16-11-17-26-40)38(8-3)27-18-22-36-20-12-9-13-21-36)33-45(39-23-14-10-15-24-39)50(44)59-48-30-28-42(54-4)34-46(48)47-35-43(55-5)29-31-49(47)59/h6-21,23-35H,1-2,22H2,3H3/b27-18-,37-19+,38-8+. The van der Waals surface area contributed by atoms with Crippen LogP contribution in [0.5, 0.6) is 0 Å². The summed E-state index contributed by atoms with van der Waals surface area (Å²) in [6.45, 7) is 25.9. The normalized spacial score (nSPS) is 11.8. The molecule has 6 nitrogen and oxygen atoms in total. The predicted octanol–water partition coefficient (Wildman–Crippen LogP) is 14.0. The first-order valence-electron chi connectivity index (χ1n) is 19.2. The molecule has 0 N–H and O–H groups in total. The number of rotatable bonds is 11. The van der Waals surface area contributed by atoms with E-state index in [1.54, 1.807) is 6.08 Å². The van der Waals surface area contributed by atoms with Gasteiger partial charge in [0.15, 0.2) is 28.8 Å². The highest BCUT2D eigenvalue weighted by Gasteiger charge is 2.23. The third-order valence-corrected chi connectivity index (χ3v) is 10.2. The minimum atomic E-state index is 0.516. The molecule has 8 aromatic rings. The molecule has 6 aromatic carbocycles. The zero-order valence-corrected chi connectivity index (χ0v) is 32.5. The number of hydrogen-bond donors (Lipinski definition) is 0. The molecule has 280 valence electrons. The van der Waals surface area contributed by atoms with Gasteiger partial charge in [-0.2, -0.15) is 0 Å². The van der Waals surface area contributed by atoms with Crippen LogP contribution in [0.15, 0.2) is 189 Å². The van der Waals surface area contributed by atoms with Crippen molar-refractivity contribution in [1.82, 2.24) is 19.5 Å². The summed E-state index contributed by atoms with van der Waals surface area (Å²) in [7, 11) is 0. The van der Waals surface area contributed by atoms with Crippen molar-refractivity contribution in [1.29, 1.82) is 0 Å². The number of aromatic nitrogens is 4. The second-order valence-electron chi connectivity index (χ2n) is 13.8. The molecule has 0 aliphatic rings. The molecule has 0 saturated carbocycles. The minimum absolute atomic E-state index is 0.516. The first-order chi connectivity index (χ1) is 29.0. The van der Waals surface area contributed by atoms with Crippen LogP contribution in [0.1, 0.15) is 23.9 Å². The fourth-order valence-electron chi connectivity index (χ4n) is 7.42. The molecule has 0 bridgehead atoms. The molecule has 8 rings (SSSR count). The van der Waals surface area contributed by atoms with E-state index in [9.17, 15) is 0 Å². The molecule has 59 heavy (non-hydrogen) atoms. The maximum absolute atomic E-state index is 7.80. The van der Waals surface area contributed by atoms with Crippen molar-refractivity contribution in [2.24, 2.45) is 0 Å². The molecule has 6 heteroatoms. The summed E-state index contributed by atoms with van der Waals surface area (Å²) < 4.78 is 2.23. The third kappa shape index (κ3) is 7.55. The van der Waals surface area contributed by atoms with Gasteiger partial charge in [0.05, 0.1) is 29.9 Å². The van der Waals surface area contributed by atoms with Gasteiger partial charge < -0.3 is 4.57 Å². The second-order valence-corrected chi connectivity index (χ2v) is 13.8. The molecule has 0 aliphatic heterocycles.